The van der Waals surface area contributed by atoms with Crippen LogP contribution in [-0.4, -0.2) is 73.3 Å². The van der Waals surface area contributed by atoms with Crippen molar-refractivity contribution in [3.8, 4) is 0 Å². The third-order valence-corrected chi connectivity index (χ3v) is 8.94. The van der Waals surface area contributed by atoms with Gasteiger partial charge in [0.05, 0.1) is 36.0 Å². The second kappa shape index (κ2) is 12.3. The van der Waals surface area contributed by atoms with Crippen LogP contribution in [0.1, 0.15) is 25.7 Å². The van der Waals surface area contributed by atoms with Crippen LogP contribution in [0.5, 0.6) is 0 Å². The molecule has 0 bridgehead atoms. The summed E-state index contributed by atoms with van der Waals surface area (Å²) in [5, 5.41) is 13.1. The van der Waals surface area contributed by atoms with Crippen LogP contribution in [0.3, 0.4) is 0 Å². The number of hydrogen-bond acceptors (Lipinski definition) is 10. The Bertz CT molecular complexity index is 1270. The number of ketones is 2. The van der Waals surface area contributed by atoms with Gasteiger partial charge in [0.15, 0.2) is 11.5 Å². The highest BCUT2D eigenvalue weighted by molar-refractivity contribution is 9.13. The van der Waals surface area contributed by atoms with Crippen LogP contribution in [-0.2, 0) is 38.3 Å². The number of carbonyl (C=O) groups excluding carboxylic acids is 4. The van der Waals surface area contributed by atoms with E-state index in [0.29, 0.717) is 46.4 Å². The number of nitrogens with one attached hydrogen (secondary N) is 2. The van der Waals surface area contributed by atoms with Gasteiger partial charge in [0.1, 0.15) is 20.4 Å². The summed E-state index contributed by atoms with van der Waals surface area (Å²) in [7, 11) is 2.87. The molecular formula is C24H22Br4N4O8. The van der Waals surface area contributed by atoms with E-state index < -0.39 is 34.6 Å². The molecule has 16 heteroatoms. The van der Waals surface area contributed by atoms with E-state index in [1.165, 1.54) is 26.4 Å². The fraction of sp³-hybridized carbons (Fsp3) is 0.417. The molecule has 4 rings (SSSR count). The number of methoxy groups -OCH3 is 2. The van der Waals surface area contributed by atoms with Gasteiger partial charge in [-0.25, -0.2) is 0 Å². The first kappa shape index (κ1) is 30.7. The second-order valence-electron chi connectivity index (χ2n) is 8.95. The van der Waals surface area contributed by atoms with Gasteiger partial charge < -0.3 is 29.8 Å². The van der Waals surface area contributed by atoms with E-state index in [9.17, 15) is 19.2 Å². The number of halogens is 4. The Kier molecular flexibility index (Phi) is 9.42. The Morgan fingerprint density at radius 1 is 0.800 bits per heavy atom. The van der Waals surface area contributed by atoms with Crippen molar-refractivity contribution in [3.05, 3.63) is 41.6 Å². The lowest BCUT2D eigenvalue weighted by atomic mass is 9.88. The smallest absolute Gasteiger partial charge is 0.269 e. The minimum Gasteiger partial charge on any atom is -0.494 e. The molecule has 2 amide bonds. The van der Waals surface area contributed by atoms with E-state index in [-0.39, 0.29) is 33.2 Å². The molecule has 0 fully saturated rings. The van der Waals surface area contributed by atoms with E-state index in [1.54, 1.807) is 0 Å². The van der Waals surface area contributed by atoms with Gasteiger partial charge in [0.25, 0.3) is 11.8 Å². The first-order valence-electron chi connectivity index (χ1n) is 11.8. The van der Waals surface area contributed by atoms with Crippen LogP contribution in [0.25, 0.3) is 0 Å². The Hall–Kier alpha value is -2.30. The molecule has 0 saturated heterocycles. The SMILES string of the molecule is COC1=C(Br)C(=O)C2(C=C1Br)CC(C(=O)NCCCCNC(=O)C1=NOC3(C=C(Br)C(OC)=C(Br)C3=O)C1)=NO2. The van der Waals surface area contributed by atoms with Gasteiger partial charge in [-0.1, -0.05) is 10.3 Å². The van der Waals surface area contributed by atoms with Gasteiger partial charge >= 0.3 is 0 Å². The molecule has 0 aromatic rings. The average Bonchev–Trinajstić information content (AvgIpc) is 3.54. The molecule has 2 N–H and O–H groups in total. The van der Waals surface area contributed by atoms with E-state index >= 15 is 0 Å². The van der Waals surface area contributed by atoms with Crippen LogP contribution >= 0.6 is 63.7 Å². The predicted octanol–water partition coefficient (Wildman–Crippen LogP) is 3.26. The van der Waals surface area contributed by atoms with Crippen molar-refractivity contribution in [1.29, 1.82) is 0 Å². The molecule has 2 unspecified atom stereocenters. The molecule has 0 saturated carbocycles. The average molecular weight is 814 g/mol. The van der Waals surface area contributed by atoms with Crippen molar-refractivity contribution in [1.82, 2.24) is 10.6 Å². The lowest BCUT2D eigenvalue weighted by Gasteiger charge is -2.26. The predicted molar refractivity (Wildman–Crippen MR) is 157 cm³/mol. The summed E-state index contributed by atoms with van der Waals surface area (Å²) in [6, 6.07) is 0. The second-order valence-corrected chi connectivity index (χ2v) is 12.2. The van der Waals surface area contributed by atoms with Crippen molar-refractivity contribution in [2.75, 3.05) is 27.3 Å². The zero-order valence-electron chi connectivity index (χ0n) is 21.1. The van der Waals surface area contributed by atoms with E-state index in [1.807, 2.05) is 0 Å². The van der Waals surface area contributed by atoms with Crippen LogP contribution < -0.4 is 10.6 Å². The molecule has 2 aliphatic heterocycles. The number of nitrogens with zero attached hydrogens (tertiary/aromatic N) is 2. The summed E-state index contributed by atoms with van der Waals surface area (Å²) >= 11 is 13.1. The fourth-order valence-corrected chi connectivity index (χ4v) is 7.65. The Labute approximate surface area is 262 Å². The molecule has 40 heavy (non-hydrogen) atoms. The van der Waals surface area contributed by atoms with Crippen LogP contribution in [0.15, 0.2) is 51.9 Å². The zero-order chi connectivity index (χ0) is 29.2. The summed E-state index contributed by atoms with van der Waals surface area (Å²) in [5.74, 6) is -1.06. The summed E-state index contributed by atoms with van der Waals surface area (Å²) < 4.78 is 11.8. The van der Waals surface area contributed by atoms with Crippen molar-refractivity contribution < 1.29 is 38.3 Å². The number of carbonyl (C=O) groups is 4. The highest BCUT2D eigenvalue weighted by atomic mass is 79.9. The zero-order valence-corrected chi connectivity index (χ0v) is 27.4. The maximum Gasteiger partial charge on any atom is 0.269 e. The third-order valence-electron chi connectivity index (χ3n) is 6.32. The number of ether oxygens (including phenoxy) is 2. The Balaban J connectivity index is 1.18. The van der Waals surface area contributed by atoms with Gasteiger partial charge in [-0.2, -0.15) is 0 Å². The van der Waals surface area contributed by atoms with Crippen LogP contribution in [0.2, 0.25) is 0 Å². The molecule has 2 spiro atoms. The molecule has 2 heterocycles. The summed E-state index contributed by atoms with van der Waals surface area (Å²) in [5.41, 5.74) is -2.67. The number of amides is 2. The van der Waals surface area contributed by atoms with Crippen molar-refractivity contribution in [2.24, 2.45) is 10.3 Å². The van der Waals surface area contributed by atoms with Gasteiger partial charge in [0, 0.05) is 13.1 Å². The van der Waals surface area contributed by atoms with Gasteiger partial charge in [-0.3, -0.25) is 19.2 Å². The maximum absolute atomic E-state index is 12.8. The van der Waals surface area contributed by atoms with Crippen molar-refractivity contribution in [3.63, 3.8) is 0 Å². The lowest BCUT2D eigenvalue weighted by Crippen LogP contribution is -2.42. The third kappa shape index (κ3) is 5.72. The highest BCUT2D eigenvalue weighted by Crippen LogP contribution is 2.42. The number of hydrogen-bond donors (Lipinski definition) is 2. The van der Waals surface area contributed by atoms with Crippen LogP contribution in [0.4, 0.5) is 0 Å². The summed E-state index contributed by atoms with van der Waals surface area (Å²) in [4.78, 5) is 61.6. The van der Waals surface area contributed by atoms with E-state index in [4.69, 9.17) is 19.1 Å². The molecule has 2 atom stereocenters. The minimum atomic E-state index is -1.42. The molecule has 0 aromatic carbocycles. The van der Waals surface area contributed by atoms with Gasteiger partial charge in [-0.15, -0.1) is 0 Å². The molecule has 0 radical (unpaired) electrons. The summed E-state index contributed by atoms with van der Waals surface area (Å²) in [6.45, 7) is 0.628. The fourth-order valence-electron chi connectivity index (χ4n) is 4.23. The summed E-state index contributed by atoms with van der Waals surface area (Å²) in [6.07, 6.45) is 4.10. The molecule has 4 aliphatic rings. The monoisotopic (exact) mass is 810 g/mol. The topological polar surface area (TPSA) is 154 Å². The molecule has 2 aliphatic carbocycles. The number of allylic oxidation sites excluding steroid dienone is 2. The Morgan fingerprint density at radius 2 is 1.18 bits per heavy atom. The van der Waals surface area contributed by atoms with Crippen LogP contribution in [0, 0.1) is 0 Å². The highest BCUT2D eigenvalue weighted by Gasteiger charge is 2.52. The molecular weight excluding hydrogens is 792 g/mol. The lowest BCUT2D eigenvalue weighted by molar-refractivity contribution is -0.132. The quantitative estimate of drug-likeness (QED) is 0.337. The number of oxime groups is 2. The van der Waals surface area contributed by atoms with E-state index in [0.717, 1.165) is 0 Å². The molecule has 214 valence electrons. The van der Waals surface area contributed by atoms with Gasteiger partial charge in [-0.05, 0) is 88.7 Å². The normalized spacial score (nSPS) is 25.8. The van der Waals surface area contributed by atoms with E-state index in [2.05, 4.69) is 84.7 Å². The van der Waals surface area contributed by atoms with Crippen molar-refractivity contribution in [2.45, 2.75) is 36.9 Å². The molecule has 0 aromatic heterocycles. The largest absolute Gasteiger partial charge is 0.494 e. The van der Waals surface area contributed by atoms with Crippen molar-refractivity contribution >= 4 is 98.5 Å². The standard InChI is InChI=1S/C24H22Br4N4O8/c1-37-17-11(25)7-23(19(33)15(17)27)9-13(31-39-23)21(35)29-5-3-4-6-30-22(36)14-10-24(40-32-14)8-12(26)18(38-2)16(28)20(24)34/h7-8H,3-6,9-10H2,1-2H3,(H,29,35)(H,30,36). The number of unbranched alkanes of at least 4 members (excludes halogenated alkanes) is 1. The first-order valence-corrected chi connectivity index (χ1v) is 15.0. The first-order chi connectivity index (χ1) is 19.0. The molecule has 12 nitrogen and oxygen atoms in total. The number of rotatable bonds is 9. The minimum absolute atomic E-state index is 0.0337. The Morgan fingerprint density at radius 3 is 1.52 bits per heavy atom. The maximum atomic E-state index is 12.8. The number of Topliss-reactive ketones (excluding diaryl/α,β-unsaturated/α-hetero) is 2. The van der Waals surface area contributed by atoms with Gasteiger partial charge in [0.2, 0.25) is 22.8 Å².